The van der Waals surface area contributed by atoms with Gasteiger partial charge in [-0.15, -0.1) is 35.3 Å². The van der Waals surface area contributed by atoms with E-state index in [-0.39, 0.29) is 30.1 Å². The first kappa shape index (κ1) is 25.4. The largest absolute Gasteiger partial charge is 0.378 e. The molecule has 1 aliphatic rings. The monoisotopic (exact) mass is 523 g/mol. The van der Waals surface area contributed by atoms with Crippen molar-refractivity contribution < 1.29 is 4.74 Å². The van der Waals surface area contributed by atoms with E-state index in [1.54, 1.807) is 11.3 Å². The van der Waals surface area contributed by atoms with E-state index in [9.17, 15) is 0 Å². The summed E-state index contributed by atoms with van der Waals surface area (Å²) in [5.74, 6) is 1.40. The molecule has 28 heavy (non-hydrogen) atoms. The average molecular weight is 524 g/mol. The van der Waals surface area contributed by atoms with E-state index in [2.05, 4.69) is 48.6 Å². The lowest BCUT2D eigenvalue weighted by Crippen LogP contribution is -2.38. The molecule has 0 bridgehead atoms. The fourth-order valence-corrected chi connectivity index (χ4v) is 4.16. The summed E-state index contributed by atoms with van der Waals surface area (Å²) in [6, 6.07) is 0. The van der Waals surface area contributed by atoms with Gasteiger partial charge in [0.1, 0.15) is 0 Å². The lowest BCUT2D eigenvalue weighted by Gasteiger charge is -2.20. The third-order valence-corrected chi connectivity index (χ3v) is 5.69. The molecule has 0 radical (unpaired) electrons. The molecule has 1 fully saturated rings. The topological polar surface area (TPSA) is 61.8 Å². The molecule has 0 saturated carbocycles. The number of nitrogens with zero attached hydrogens (tertiary/aromatic N) is 3. The van der Waals surface area contributed by atoms with Crippen LogP contribution < -0.4 is 15.5 Å². The van der Waals surface area contributed by atoms with Crippen molar-refractivity contribution in [2.45, 2.75) is 59.5 Å². The number of ether oxygens (including phenoxy) is 1. The maximum Gasteiger partial charge on any atom is 0.191 e. The molecule has 6 nitrogen and oxygen atoms in total. The van der Waals surface area contributed by atoms with Crippen molar-refractivity contribution in [3.63, 3.8) is 0 Å². The maximum atomic E-state index is 5.81. The Labute approximate surface area is 192 Å². The Morgan fingerprint density at radius 1 is 1.29 bits per heavy atom. The summed E-state index contributed by atoms with van der Waals surface area (Å²) < 4.78 is 5.81. The molecule has 0 aliphatic carbocycles. The van der Waals surface area contributed by atoms with Gasteiger partial charge in [-0.25, -0.2) is 4.98 Å². The van der Waals surface area contributed by atoms with Gasteiger partial charge in [-0.1, -0.05) is 13.8 Å². The molecule has 1 aromatic heterocycles. The number of hydrogen-bond donors (Lipinski definition) is 2. The second-order valence-electron chi connectivity index (χ2n) is 7.28. The minimum absolute atomic E-state index is 0. The molecule has 1 aromatic rings. The third kappa shape index (κ3) is 8.82. The van der Waals surface area contributed by atoms with Crippen LogP contribution in [0, 0.1) is 5.92 Å². The predicted molar refractivity (Wildman–Crippen MR) is 132 cm³/mol. The van der Waals surface area contributed by atoms with Crippen LogP contribution >= 0.6 is 35.3 Å². The second-order valence-corrected chi connectivity index (χ2v) is 8.12. The number of anilines is 1. The molecule has 2 N–H and O–H groups in total. The van der Waals surface area contributed by atoms with Crippen LogP contribution in [0.4, 0.5) is 5.13 Å². The van der Waals surface area contributed by atoms with E-state index in [1.165, 1.54) is 23.7 Å². The summed E-state index contributed by atoms with van der Waals surface area (Å²) in [6.45, 7) is 14.1. The zero-order chi connectivity index (χ0) is 19.5. The summed E-state index contributed by atoms with van der Waals surface area (Å²) in [7, 11) is 0. The van der Waals surface area contributed by atoms with Crippen molar-refractivity contribution in [2.75, 3.05) is 44.2 Å². The molecule has 2 rings (SSSR count). The SMILES string of the molecule is CCNC(=NCCC(OCC)C(C)C)NCCc1csc(N2CCCC2)n1.I. The van der Waals surface area contributed by atoms with Crippen LogP contribution in [0.25, 0.3) is 0 Å². The Bertz CT molecular complexity index is 561. The standard InChI is InChI=1S/C20H37N5OS.HI/c1-5-21-19(23-12-10-18(16(3)4)26-6-2)22-11-9-17-15-27-20(24-17)25-13-7-8-14-25;/h15-16,18H,5-14H2,1-4H3,(H2,21,22,23);1H. The lowest BCUT2D eigenvalue weighted by atomic mass is 10.0. The van der Waals surface area contributed by atoms with E-state index in [0.29, 0.717) is 5.92 Å². The van der Waals surface area contributed by atoms with Gasteiger partial charge in [-0.2, -0.15) is 0 Å². The van der Waals surface area contributed by atoms with Gasteiger partial charge in [0, 0.05) is 51.1 Å². The molecule has 2 heterocycles. The first-order valence-electron chi connectivity index (χ1n) is 10.5. The molecule has 8 heteroatoms. The number of thiazole rings is 1. The molecule has 0 amide bonds. The van der Waals surface area contributed by atoms with Gasteiger partial charge >= 0.3 is 0 Å². The van der Waals surface area contributed by atoms with Crippen LogP contribution in [-0.2, 0) is 11.2 Å². The first-order chi connectivity index (χ1) is 13.1. The number of hydrogen-bond acceptors (Lipinski definition) is 5. The summed E-state index contributed by atoms with van der Waals surface area (Å²) >= 11 is 1.77. The molecule has 1 aliphatic heterocycles. The second kappa shape index (κ2) is 14.4. The quantitative estimate of drug-likeness (QED) is 0.262. The third-order valence-electron chi connectivity index (χ3n) is 4.74. The smallest absolute Gasteiger partial charge is 0.191 e. The molecular weight excluding hydrogens is 485 g/mol. The number of aromatic nitrogens is 1. The zero-order valence-corrected chi connectivity index (χ0v) is 21.0. The van der Waals surface area contributed by atoms with Crippen molar-refractivity contribution in [3.05, 3.63) is 11.1 Å². The number of guanidine groups is 1. The predicted octanol–water partition coefficient (Wildman–Crippen LogP) is 3.91. The van der Waals surface area contributed by atoms with Gasteiger partial charge in [0.05, 0.1) is 11.8 Å². The van der Waals surface area contributed by atoms with Crippen molar-refractivity contribution in [1.82, 2.24) is 15.6 Å². The van der Waals surface area contributed by atoms with Gasteiger partial charge < -0.3 is 20.3 Å². The first-order valence-corrected chi connectivity index (χ1v) is 11.3. The molecule has 1 unspecified atom stereocenters. The average Bonchev–Trinajstić information content (AvgIpc) is 3.32. The van der Waals surface area contributed by atoms with E-state index >= 15 is 0 Å². The van der Waals surface area contributed by atoms with Gasteiger partial charge in [0.15, 0.2) is 11.1 Å². The van der Waals surface area contributed by atoms with E-state index in [0.717, 1.165) is 58.1 Å². The van der Waals surface area contributed by atoms with Gasteiger partial charge in [0.2, 0.25) is 0 Å². The van der Waals surface area contributed by atoms with Crippen molar-refractivity contribution in [3.8, 4) is 0 Å². The number of halogens is 1. The minimum atomic E-state index is 0. The van der Waals surface area contributed by atoms with Gasteiger partial charge in [-0.05, 0) is 39.0 Å². The van der Waals surface area contributed by atoms with Crippen LogP contribution in [0.5, 0.6) is 0 Å². The van der Waals surface area contributed by atoms with Crippen LogP contribution in [0.3, 0.4) is 0 Å². The van der Waals surface area contributed by atoms with Crippen LogP contribution in [-0.4, -0.2) is 56.4 Å². The lowest BCUT2D eigenvalue weighted by molar-refractivity contribution is 0.0266. The van der Waals surface area contributed by atoms with Crippen molar-refractivity contribution >= 4 is 46.4 Å². The molecule has 1 saturated heterocycles. The van der Waals surface area contributed by atoms with Gasteiger partial charge in [0.25, 0.3) is 0 Å². The summed E-state index contributed by atoms with van der Waals surface area (Å²) in [5.41, 5.74) is 1.17. The molecule has 1 atom stereocenters. The minimum Gasteiger partial charge on any atom is -0.378 e. The highest BCUT2D eigenvalue weighted by Gasteiger charge is 2.15. The molecular formula is C20H38IN5OS. The summed E-state index contributed by atoms with van der Waals surface area (Å²) in [5, 5.41) is 10.1. The Balaban J connectivity index is 0.00000392. The van der Waals surface area contributed by atoms with Gasteiger partial charge in [-0.3, -0.25) is 4.99 Å². The van der Waals surface area contributed by atoms with Crippen LogP contribution in [0.15, 0.2) is 10.4 Å². The molecule has 0 aromatic carbocycles. The highest BCUT2D eigenvalue weighted by atomic mass is 127. The number of rotatable bonds is 11. The van der Waals surface area contributed by atoms with E-state index in [1.807, 2.05) is 0 Å². The van der Waals surface area contributed by atoms with Crippen molar-refractivity contribution in [1.29, 1.82) is 0 Å². The number of aliphatic imine (C=N–C) groups is 1. The fraction of sp³-hybridized carbons (Fsp3) is 0.800. The highest BCUT2D eigenvalue weighted by Crippen LogP contribution is 2.24. The highest BCUT2D eigenvalue weighted by molar-refractivity contribution is 14.0. The maximum absolute atomic E-state index is 5.81. The van der Waals surface area contributed by atoms with E-state index < -0.39 is 0 Å². The Kier molecular flexibility index (Phi) is 13.1. The Hall–Kier alpha value is -0.610. The molecule has 0 spiro atoms. The van der Waals surface area contributed by atoms with Crippen molar-refractivity contribution in [2.24, 2.45) is 10.9 Å². The Morgan fingerprint density at radius 3 is 2.68 bits per heavy atom. The van der Waals surface area contributed by atoms with E-state index in [4.69, 9.17) is 14.7 Å². The zero-order valence-electron chi connectivity index (χ0n) is 17.9. The molecule has 162 valence electrons. The summed E-state index contributed by atoms with van der Waals surface area (Å²) in [4.78, 5) is 11.9. The van der Waals surface area contributed by atoms with Crippen LogP contribution in [0.1, 0.15) is 52.7 Å². The number of nitrogens with one attached hydrogen (secondary N) is 2. The Morgan fingerprint density at radius 2 is 2.04 bits per heavy atom. The normalized spacial score (nSPS) is 15.6. The van der Waals surface area contributed by atoms with Crippen LogP contribution in [0.2, 0.25) is 0 Å². The summed E-state index contributed by atoms with van der Waals surface area (Å²) in [6.07, 6.45) is 4.73. The fourth-order valence-electron chi connectivity index (χ4n) is 3.24.